The first-order chi connectivity index (χ1) is 11.8. The fourth-order valence-corrected chi connectivity index (χ4v) is 3.10. The maximum Gasteiger partial charge on any atom is 0.150 e. The van der Waals surface area contributed by atoms with Crippen molar-refractivity contribution in [2.75, 3.05) is 7.11 Å². The molecule has 118 valence electrons. The monoisotopic (exact) mass is 335 g/mol. The molecule has 0 saturated carbocycles. The van der Waals surface area contributed by atoms with E-state index in [1.807, 2.05) is 65.4 Å². The van der Waals surface area contributed by atoms with Crippen molar-refractivity contribution in [2.24, 2.45) is 0 Å². The number of hydrogen-bond acceptors (Lipinski definition) is 3. The smallest absolute Gasteiger partial charge is 0.150 e. The van der Waals surface area contributed by atoms with E-state index in [0.29, 0.717) is 5.15 Å². The number of para-hydroxylation sites is 2. The minimum Gasteiger partial charge on any atom is -0.495 e. The topological polar surface area (TPSA) is 39.9 Å². The Morgan fingerprint density at radius 1 is 0.958 bits per heavy atom. The zero-order valence-corrected chi connectivity index (χ0v) is 13.7. The molecule has 0 bridgehead atoms. The average molecular weight is 336 g/mol. The van der Waals surface area contributed by atoms with Crippen LogP contribution in [0, 0.1) is 0 Å². The predicted octanol–water partition coefficient (Wildman–Crippen LogP) is 4.75. The van der Waals surface area contributed by atoms with Crippen molar-refractivity contribution < 1.29 is 4.74 Å². The fraction of sp³-hybridized carbons (Fsp3) is 0.0526. The van der Waals surface area contributed by atoms with E-state index in [4.69, 9.17) is 16.3 Å². The van der Waals surface area contributed by atoms with Gasteiger partial charge in [-0.2, -0.15) is 0 Å². The molecule has 2 aromatic carbocycles. The average Bonchev–Trinajstić information content (AvgIpc) is 3.03. The van der Waals surface area contributed by atoms with Crippen LogP contribution in [0.5, 0.6) is 5.75 Å². The van der Waals surface area contributed by atoms with Crippen LogP contribution in [0.4, 0.5) is 0 Å². The molecule has 4 aromatic rings. The second-order valence-electron chi connectivity index (χ2n) is 5.31. The normalized spacial score (nSPS) is 10.9. The molecule has 0 N–H and O–H groups in total. The SMILES string of the molecule is COc1ccccc1-n1cc(-c2ccccc2)c2c(Cl)ncnc21. The summed E-state index contributed by atoms with van der Waals surface area (Å²) in [5, 5.41) is 1.27. The van der Waals surface area contributed by atoms with Crippen LogP contribution in [0.1, 0.15) is 0 Å². The quantitative estimate of drug-likeness (QED) is 0.507. The third-order valence-corrected chi connectivity index (χ3v) is 4.25. The zero-order chi connectivity index (χ0) is 16.5. The molecule has 24 heavy (non-hydrogen) atoms. The van der Waals surface area contributed by atoms with Gasteiger partial charge in [0.1, 0.15) is 22.9 Å². The predicted molar refractivity (Wildman–Crippen MR) is 95.9 cm³/mol. The molecule has 5 heteroatoms. The molecular weight excluding hydrogens is 322 g/mol. The van der Waals surface area contributed by atoms with Crippen molar-refractivity contribution in [3.63, 3.8) is 0 Å². The Hall–Kier alpha value is -2.85. The fourth-order valence-electron chi connectivity index (χ4n) is 2.87. The lowest BCUT2D eigenvalue weighted by Crippen LogP contribution is -1.97. The molecule has 4 rings (SSSR count). The summed E-state index contributed by atoms with van der Waals surface area (Å²) < 4.78 is 7.49. The number of aromatic nitrogens is 3. The summed E-state index contributed by atoms with van der Waals surface area (Å²) >= 11 is 6.39. The van der Waals surface area contributed by atoms with Crippen molar-refractivity contribution >= 4 is 22.6 Å². The summed E-state index contributed by atoms with van der Waals surface area (Å²) in [6.07, 6.45) is 3.50. The first-order valence-corrected chi connectivity index (χ1v) is 7.88. The van der Waals surface area contributed by atoms with Gasteiger partial charge in [0.05, 0.1) is 18.2 Å². The molecule has 2 aromatic heterocycles. The number of rotatable bonds is 3. The molecule has 0 radical (unpaired) electrons. The summed E-state index contributed by atoms with van der Waals surface area (Å²) in [7, 11) is 1.66. The van der Waals surface area contributed by atoms with Gasteiger partial charge < -0.3 is 4.74 Å². The molecule has 0 unspecified atom stereocenters. The highest BCUT2D eigenvalue weighted by Crippen LogP contribution is 2.36. The molecule has 0 saturated heterocycles. The van der Waals surface area contributed by atoms with E-state index in [2.05, 4.69) is 9.97 Å². The first kappa shape index (κ1) is 14.7. The van der Waals surface area contributed by atoms with Crippen LogP contribution in [0.25, 0.3) is 27.8 Å². The van der Waals surface area contributed by atoms with Crippen LogP contribution < -0.4 is 4.74 Å². The van der Waals surface area contributed by atoms with Gasteiger partial charge in [0.15, 0.2) is 0 Å². The van der Waals surface area contributed by atoms with Gasteiger partial charge in [-0.25, -0.2) is 9.97 Å². The number of methoxy groups -OCH3 is 1. The van der Waals surface area contributed by atoms with E-state index >= 15 is 0 Å². The number of halogens is 1. The highest BCUT2D eigenvalue weighted by atomic mass is 35.5. The third kappa shape index (κ3) is 2.32. The van der Waals surface area contributed by atoms with Crippen LogP contribution in [-0.4, -0.2) is 21.6 Å². The Morgan fingerprint density at radius 3 is 2.50 bits per heavy atom. The number of benzene rings is 2. The third-order valence-electron chi connectivity index (χ3n) is 3.97. The number of hydrogen-bond donors (Lipinski definition) is 0. The molecule has 0 fully saturated rings. The van der Waals surface area contributed by atoms with Gasteiger partial charge in [-0.05, 0) is 17.7 Å². The van der Waals surface area contributed by atoms with Gasteiger partial charge in [0, 0.05) is 11.8 Å². The molecule has 0 aliphatic carbocycles. The van der Waals surface area contributed by atoms with Crippen molar-refractivity contribution in [1.82, 2.24) is 14.5 Å². The Morgan fingerprint density at radius 2 is 1.71 bits per heavy atom. The van der Waals surface area contributed by atoms with Gasteiger partial charge in [-0.3, -0.25) is 4.57 Å². The molecule has 0 aliphatic rings. The van der Waals surface area contributed by atoms with E-state index < -0.39 is 0 Å². The maximum atomic E-state index is 6.39. The summed E-state index contributed by atoms with van der Waals surface area (Å²) in [6, 6.07) is 17.9. The molecule has 0 atom stereocenters. The minimum absolute atomic E-state index is 0.438. The van der Waals surface area contributed by atoms with Gasteiger partial charge in [0.25, 0.3) is 0 Å². The molecule has 4 nitrogen and oxygen atoms in total. The largest absolute Gasteiger partial charge is 0.495 e. The number of nitrogens with zero attached hydrogens (tertiary/aromatic N) is 3. The number of fused-ring (bicyclic) bond motifs is 1. The lowest BCUT2D eigenvalue weighted by molar-refractivity contribution is 0.413. The summed E-state index contributed by atoms with van der Waals surface area (Å²) in [6.45, 7) is 0. The Labute approximate surface area is 144 Å². The zero-order valence-electron chi connectivity index (χ0n) is 13.0. The molecule has 2 heterocycles. The van der Waals surface area contributed by atoms with E-state index in [0.717, 1.165) is 33.6 Å². The van der Waals surface area contributed by atoms with Gasteiger partial charge in [-0.1, -0.05) is 54.1 Å². The maximum absolute atomic E-state index is 6.39. The van der Waals surface area contributed by atoms with Crippen LogP contribution in [0.2, 0.25) is 5.15 Å². The molecule has 0 spiro atoms. The van der Waals surface area contributed by atoms with Gasteiger partial charge in [-0.15, -0.1) is 0 Å². The molecular formula is C19H14ClN3O. The minimum atomic E-state index is 0.438. The van der Waals surface area contributed by atoms with E-state index in [9.17, 15) is 0 Å². The Balaban J connectivity index is 2.07. The molecule has 0 amide bonds. The molecule has 0 aliphatic heterocycles. The standard InChI is InChI=1S/C19H14ClN3O/c1-24-16-10-6-5-9-15(16)23-11-14(13-7-3-2-4-8-13)17-18(20)21-12-22-19(17)23/h2-12H,1H3. The Bertz CT molecular complexity index is 1010. The van der Waals surface area contributed by atoms with Crippen molar-refractivity contribution in [3.05, 3.63) is 72.3 Å². The summed E-state index contributed by atoms with van der Waals surface area (Å²) in [4.78, 5) is 8.60. The van der Waals surface area contributed by atoms with Crippen LogP contribution in [-0.2, 0) is 0 Å². The van der Waals surface area contributed by atoms with E-state index in [1.54, 1.807) is 7.11 Å². The van der Waals surface area contributed by atoms with Crippen molar-refractivity contribution in [1.29, 1.82) is 0 Å². The van der Waals surface area contributed by atoms with Crippen LogP contribution in [0.3, 0.4) is 0 Å². The lowest BCUT2D eigenvalue weighted by atomic mass is 10.1. The summed E-state index contributed by atoms with van der Waals surface area (Å²) in [5.41, 5.74) is 3.70. The summed E-state index contributed by atoms with van der Waals surface area (Å²) in [5.74, 6) is 0.767. The van der Waals surface area contributed by atoms with E-state index in [1.165, 1.54) is 6.33 Å². The number of ether oxygens (including phenoxy) is 1. The lowest BCUT2D eigenvalue weighted by Gasteiger charge is -2.09. The highest BCUT2D eigenvalue weighted by molar-refractivity contribution is 6.35. The first-order valence-electron chi connectivity index (χ1n) is 7.50. The van der Waals surface area contributed by atoms with Gasteiger partial charge in [0.2, 0.25) is 0 Å². The Kier molecular flexibility index (Phi) is 3.67. The highest BCUT2D eigenvalue weighted by Gasteiger charge is 2.17. The van der Waals surface area contributed by atoms with Crippen LogP contribution in [0.15, 0.2) is 67.1 Å². The van der Waals surface area contributed by atoms with Crippen molar-refractivity contribution in [2.45, 2.75) is 0 Å². The van der Waals surface area contributed by atoms with Crippen molar-refractivity contribution in [3.8, 4) is 22.6 Å². The van der Waals surface area contributed by atoms with Crippen LogP contribution >= 0.6 is 11.6 Å². The second kappa shape index (κ2) is 5.98. The second-order valence-corrected chi connectivity index (χ2v) is 5.67. The van der Waals surface area contributed by atoms with E-state index in [-0.39, 0.29) is 0 Å². The van der Waals surface area contributed by atoms with Gasteiger partial charge >= 0.3 is 0 Å².